The first-order chi connectivity index (χ1) is 27.3. The lowest BCUT2D eigenvalue weighted by atomic mass is 9.87. The molecule has 0 spiro atoms. The van der Waals surface area contributed by atoms with Gasteiger partial charge in [0.1, 0.15) is 36.3 Å². The molecule has 7 unspecified atom stereocenters. The van der Waals surface area contributed by atoms with E-state index < -0.39 is 84.1 Å². The number of unbranched alkanes of at least 4 members (excludes halogenated alkanes) is 2. The molecule has 7 atom stereocenters. The van der Waals surface area contributed by atoms with Crippen molar-refractivity contribution in [1.29, 1.82) is 0 Å². The Labute approximate surface area is 343 Å². The first-order valence-corrected chi connectivity index (χ1v) is 23.6. The highest BCUT2D eigenvalue weighted by Gasteiger charge is 2.57. The Morgan fingerprint density at radius 1 is 1.07 bits per heavy atom. The summed E-state index contributed by atoms with van der Waals surface area (Å²) >= 11 is 1.06. The van der Waals surface area contributed by atoms with E-state index in [0.717, 1.165) is 60.2 Å². The second kappa shape index (κ2) is 21.4. The zero-order valence-corrected chi connectivity index (χ0v) is 36.4. The summed E-state index contributed by atoms with van der Waals surface area (Å²) in [5.41, 5.74) is 3.30. The number of nitrogen functional groups attached to an aromatic ring is 1. The van der Waals surface area contributed by atoms with Gasteiger partial charge in [-0.1, -0.05) is 50.9 Å². The molecule has 0 bridgehead atoms. The number of nitrogens with two attached hydrogens (primary N) is 1. The van der Waals surface area contributed by atoms with Crippen molar-refractivity contribution in [2.24, 2.45) is 5.41 Å². The Kier molecular flexibility index (Phi) is 18.4. The van der Waals surface area contributed by atoms with Crippen LogP contribution in [0.2, 0.25) is 0 Å². The topological polar surface area (TPSA) is 364 Å². The molecule has 28 heteroatoms. The van der Waals surface area contributed by atoms with Crippen LogP contribution in [-0.4, -0.2) is 123 Å². The summed E-state index contributed by atoms with van der Waals surface area (Å²) in [5.74, 6) is -1.12. The number of phosphoric ester groups is 3. The number of aliphatic hydroxyl groups is 2. The van der Waals surface area contributed by atoms with Gasteiger partial charge in [0.15, 0.2) is 17.2 Å². The van der Waals surface area contributed by atoms with E-state index in [4.69, 9.17) is 24.0 Å². The fraction of sp³-hybridized carbons (Fsp3) is 0.677. The maximum atomic E-state index is 12.8. The van der Waals surface area contributed by atoms with Crippen LogP contribution in [0.4, 0.5) is 5.82 Å². The maximum Gasteiger partial charge on any atom is 0.481 e. The van der Waals surface area contributed by atoms with Crippen LogP contribution in [0, 0.1) is 5.41 Å². The van der Waals surface area contributed by atoms with Crippen molar-refractivity contribution in [3.8, 4) is 0 Å². The van der Waals surface area contributed by atoms with Crippen LogP contribution >= 0.6 is 35.2 Å². The first-order valence-electron chi connectivity index (χ1n) is 18.1. The highest BCUT2D eigenvalue weighted by atomic mass is 32.2. The van der Waals surface area contributed by atoms with E-state index in [2.05, 4.69) is 36.8 Å². The number of carbonyl (C=O) groups is 3. The second-order valence-electron chi connectivity index (χ2n) is 14.2. The largest absolute Gasteiger partial charge is 0.481 e. The maximum absolute atomic E-state index is 12.8. The van der Waals surface area contributed by atoms with Gasteiger partial charge in [0, 0.05) is 30.7 Å². The Balaban J connectivity index is 1.49. The van der Waals surface area contributed by atoms with Gasteiger partial charge in [-0.15, -0.1) is 0 Å². The zero-order valence-electron chi connectivity index (χ0n) is 32.9. The third-order valence-electron chi connectivity index (χ3n) is 8.77. The fourth-order valence-electron chi connectivity index (χ4n) is 5.56. The Bertz CT molecular complexity index is 1970. The Hall–Kier alpha value is -2.70. The summed E-state index contributed by atoms with van der Waals surface area (Å²) in [6.07, 6.45) is 0.121. The minimum atomic E-state index is -5.59. The average molecular weight is 920 g/mol. The molecule has 0 aliphatic carbocycles. The first kappa shape index (κ1) is 50.7. The van der Waals surface area contributed by atoms with Crippen LogP contribution in [0.1, 0.15) is 66.7 Å². The summed E-state index contributed by atoms with van der Waals surface area (Å²) < 4.78 is 62.8. The fourth-order valence-corrected chi connectivity index (χ4v) is 9.07. The normalized spacial score (nSPS) is 22.8. The Morgan fingerprint density at radius 3 is 2.41 bits per heavy atom. The lowest BCUT2D eigenvalue weighted by Gasteiger charge is -2.30. The van der Waals surface area contributed by atoms with Crippen molar-refractivity contribution in [2.75, 3.05) is 37.8 Å². The molecule has 2 aromatic heterocycles. The third-order valence-corrected chi connectivity index (χ3v) is 12.7. The molecule has 10 N–H and O–H groups in total. The molecule has 1 saturated heterocycles. The monoisotopic (exact) mass is 919 g/mol. The molecule has 3 rings (SSSR count). The molecule has 59 heavy (non-hydrogen) atoms. The Morgan fingerprint density at radius 2 is 1.75 bits per heavy atom. The number of nitrogens with one attached hydrogen (secondary N) is 2. The SMILES string of the molecule is CCCCC/C(C)=C/C(=O)SCCNC(=O)CCNC(=O)C(O)C(C)(C)COP(=O)(O)OP(=O)(O)OCC1OC(C)(n2cnc3c(N)ncnc32)C(O)C1OP(=O)(O)O. The van der Waals surface area contributed by atoms with Crippen LogP contribution in [0.3, 0.4) is 0 Å². The number of carbonyl (C=O) groups excluding carboxylic acids is 3. The number of imidazole rings is 1. The number of anilines is 1. The minimum absolute atomic E-state index is 0.0194. The predicted octanol–water partition coefficient (Wildman–Crippen LogP) is 1.37. The number of aromatic nitrogens is 4. The molecule has 0 radical (unpaired) electrons. The average Bonchev–Trinajstić information content (AvgIpc) is 3.67. The van der Waals surface area contributed by atoms with Crippen molar-refractivity contribution in [3.05, 3.63) is 24.3 Å². The highest BCUT2D eigenvalue weighted by Crippen LogP contribution is 2.61. The smallest absolute Gasteiger partial charge is 0.385 e. The molecule has 3 heterocycles. The second-order valence-corrected chi connectivity index (χ2v) is 19.6. The summed E-state index contributed by atoms with van der Waals surface area (Å²) in [6.45, 7) is 5.72. The number of fused-ring (bicyclic) bond motifs is 1. The van der Waals surface area contributed by atoms with Crippen molar-refractivity contribution >= 4 is 69.1 Å². The van der Waals surface area contributed by atoms with Gasteiger partial charge in [-0.2, -0.15) is 4.31 Å². The van der Waals surface area contributed by atoms with Gasteiger partial charge in [0.25, 0.3) is 0 Å². The molecule has 2 aromatic rings. The standard InChI is InChI=1S/C31H52N7O17P3S/c1-6-7-8-9-19(2)14-22(40)59-13-12-33-21(39)10-11-34-29(43)26(42)30(3,4)16-52-58(49,50)55-57(47,48)51-15-20-24(54-56(44,45)46)25(41)31(5,53-20)38-18-37-23-27(32)35-17-36-28(23)38/h14,17-18,20,24-26,41-42H,6-13,15-16H2,1-5H3,(H,33,39)(H,34,43)(H,47,48)(H,49,50)(H2,32,35,36)(H2,44,45,46)/b19-14+. The van der Waals surface area contributed by atoms with E-state index in [1.54, 1.807) is 6.08 Å². The van der Waals surface area contributed by atoms with Gasteiger partial charge in [-0.3, -0.25) is 32.5 Å². The number of hydrogen-bond acceptors (Lipinski definition) is 18. The van der Waals surface area contributed by atoms with Gasteiger partial charge in [0.05, 0.1) is 19.5 Å². The van der Waals surface area contributed by atoms with Crippen molar-refractivity contribution in [3.63, 3.8) is 0 Å². The predicted molar refractivity (Wildman–Crippen MR) is 210 cm³/mol. The molecule has 1 fully saturated rings. The number of nitrogens with zero attached hydrogens (tertiary/aromatic N) is 4. The highest BCUT2D eigenvalue weighted by molar-refractivity contribution is 8.14. The lowest BCUT2D eigenvalue weighted by molar-refractivity contribution is -0.137. The number of allylic oxidation sites excluding steroid dienone is 1. The van der Waals surface area contributed by atoms with Gasteiger partial charge in [-0.25, -0.2) is 28.6 Å². The van der Waals surface area contributed by atoms with E-state index in [9.17, 15) is 57.9 Å². The number of hydrogen-bond donors (Lipinski definition) is 9. The third kappa shape index (κ3) is 15.3. The minimum Gasteiger partial charge on any atom is -0.385 e. The van der Waals surface area contributed by atoms with Gasteiger partial charge in [0.2, 0.25) is 16.9 Å². The van der Waals surface area contributed by atoms with Gasteiger partial charge in [-0.05, 0) is 32.8 Å². The summed E-state index contributed by atoms with van der Waals surface area (Å²) in [4.78, 5) is 88.2. The molecule has 1 aliphatic rings. The summed E-state index contributed by atoms with van der Waals surface area (Å²) in [7, 11) is -16.5. The number of aliphatic hydroxyl groups excluding tert-OH is 2. The molecular formula is C31H52N7O17P3S. The number of rotatable bonds is 24. The van der Waals surface area contributed by atoms with Crippen molar-refractivity contribution in [1.82, 2.24) is 30.2 Å². The van der Waals surface area contributed by atoms with E-state index >= 15 is 0 Å². The summed E-state index contributed by atoms with van der Waals surface area (Å²) in [5, 5.41) is 26.6. The number of amides is 2. The van der Waals surface area contributed by atoms with E-state index in [1.807, 2.05) is 6.92 Å². The number of thioether (sulfide) groups is 1. The van der Waals surface area contributed by atoms with Crippen LogP contribution in [0.25, 0.3) is 11.2 Å². The zero-order chi connectivity index (χ0) is 44.4. The van der Waals surface area contributed by atoms with Crippen LogP contribution in [0.5, 0.6) is 0 Å². The van der Waals surface area contributed by atoms with Gasteiger partial charge < -0.3 is 50.9 Å². The van der Waals surface area contributed by atoms with E-state index in [0.29, 0.717) is 5.75 Å². The van der Waals surface area contributed by atoms with Crippen LogP contribution in [0.15, 0.2) is 24.3 Å². The quantitative estimate of drug-likeness (QED) is 0.0408. The van der Waals surface area contributed by atoms with Crippen LogP contribution in [-0.2, 0) is 56.4 Å². The molecular weight excluding hydrogens is 867 g/mol. The van der Waals surface area contributed by atoms with Crippen molar-refractivity contribution < 1.29 is 80.5 Å². The van der Waals surface area contributed by atoms with Gasteiger partial charge >= 0.3 is 23.5 Å². The molecule has 1 aliphatic heterocycles. The van der Waals surface area contributed by atoms with Crippen molar-refractivity contribution in [2.45, 2.75) is 96.9 Å². The number of phosphoric acid groups is 3. The van der Waals surface area contributed by atoms with Crippen LogP contribution < -0.4 is 16.4 Å². The molecule has 334 valence electrons. The molecule has 2 amide bonds. The molecule has 24 nitrogen and oxygen atoms in total. The lowest BCUT2D eigenvalue weighted by Crippen LogP contribution is -2.46. The van der Waals surface area contributed by atoms with E-state index in [1.165, 1.54) is 20.8 Å². The molecule has 0 saturated carbocycles. The van der Waals surface area contributed by atoms with E-state index in [-0.39, 0.29) is 41.6 Å². The number of ether oxygens (including phenoxy) is 1. The molecule has 0 aromatic carbocycles. The summed E-state index contributed by atoms with van der Waals surface area (Å²) in [6, 6.07) is 0.